The molecule has 0 aliphatic rings. The first-order chi connectivity index (χ1) is 16.6. The van der Waals surface area contributed by atoms with E-state index >= 15 is 0 Å². The van der Waals surface area contributed by atoms with Crippen LogP contribution in [-0.2, 0) is 35.2 Å². The predicted octanol–water partition coefficient (Wildman–Crippen LogP) is -2.23. The minimum atomic E-state index is -0.891. The number of carbonyl (C=O) groups is 6. The Morgan fingerprint density at radius 2 is 1.47 bits per heavy atom. The van der Waals surface area contributed by atoms with Gasteiger partial charge in [-0.2, -0.15) is 0 Å². The van der Waals surface area contributed by atoms with Crippen molar-refractivity contribution in [1.82, 2.24) is 20.6 Å². The molecule has 0 fully saturated rings. The lowest BCUT2D eigenvalue weighted by molar-refractivity contribution is -0.135. The van der Waals surface area contributed by atoms with Gasteiger partial charge >= 0.3 is 0 Å². The Balaban J connectivity index is -0.000000753. The molecule has 0 saturated heterocycles. The van der Waals surface area contributed by atoms with E-state index in [1.165, 1.54) is 6.33 Å². The van der Waals surface area contributed by atoms with E-state index in [-0.39, 0.29) is 13.0 Å². The van der Waals surface area contributed by atoms with Crippen LogP contribution in [-0.4, -0.2) is 86.1 Å². The lowest BCUT2D eigenvalue weighted by Crippen LogP contribution is -2.53. The molecule has 1 aromatic heterocycles. The third-order valence-electron chi connectivity index (χ3n) is 3.35. The van der Waals surface area contributed by atoms with Crippen LogP contribution in [0.3, 0.4) is 0 Å². The van der Waals surface area contributed by atoms with Crippen molar-refractivity contribution < 1.29 is 44.1 Å². The van der Waals surface area contributed by atoms with Crippen LogP contribution >= 0.6 is 0 Å². The quantitative estimate of drug-likeness (QED) is 0.140. The molecule has 1 heterocycles. The molecule has 0 aliphatic heterocycles. The molecule has 36 heavy (non-hydrogen) atoms. The van der Waals surface area contributed by atoms with Crippen LogP contribution in [0.1, 0.15) is 45.7 Å². The maximum Gasteiger partial charge on any atom is 0.300 e. The van der Waals surface area contributed by atoms with Gasteiger partial charge < -0.3 is 48.1 Å². The van der Waals surface area contributed by atoms with Gasteiger partial charge in [0.2, 0.25) is 17.7 Å². The van der Waals surface area contributed by atoms with E-state index < -0.39 is 47.7 Å². The first kappa shape index (κ1) is 36.5. The zero-order valence-electron chi connectivity index (χ0n) is 20.5. The second kappa shape index (κ2) is 22.7. The summed E-state index contributed by atoms with van der Waals surface area (Å²) in [6, 6.07) is -1.62. The molecule has 0 bridgehead atoms. The number of H-pyrrole nitrogens is 1. The average Bonchev–Trinajstić information content (AvgIpc) is 3.23. The standard InChI is InChI=1S/C14H25N7O3.3C2H4O2/c15-4-2-1-3-10(16)13(23)21-11(5-9-6-18-8-20-9)14(24)19-7-12(17)22;3*1-2(3)4/h6,8,10-11H,1-5,7,15-16H2,(H2,17,22)(H,18,20)(H,19,24)(H,21,23);3*1H3,(H,3,4)/t10-,11-;;;/m0.../s1. The van der Waals surface area contributed by atoms with E-state index in [4.69, 9.17) is 46.9 Å². The maximum atomic E-state index is 12.2. The number of carbonyl (C=O) groups excluding carboxylic acids is 3. The molecule has 0 radical (unpaired) electrons. The highest BCUT2D eigenvalue weighted by molar-refractivity contribution is 5.91. The number of nitrogens with zero attached hydrogens (tertiary/aromatic N) is 1. The molecule has 16 nitrogen and oxygen atoms in total. The number of primary amides is 1. The van der Waals surface area contributed by atoms with E-state index in [1.54, 1.807) is 6.20 Å². The van der Waals surface area contributed by atoms with Gasteiger partial charge in [-0.05, 0) is 19.4 Å². The molecule has 0 aromatic carbocycles. The zero-order valence-corrected chi connectivity index (χ0v) is 20.5. The fourth-order valence-corrected chi connectivity index (χ4v) is 2.04. The van der Waals surface area contributed by atoms with Crippen LogP contribution < -0.4 is 27.8 Å². The number of hydrogen-bond donors (Lipinski definition) is 9. The molecule has 16 heteroatoms. The van der Waals surface area contributed by atoms with Gasteiger partial charge in [0.1, 0.15) is 6.04 Å². The lowest BCUT2D eigenvalue weighted by atomic mass is 10.1. The van der Waals surface area contributed by atoms with Gasteiger partial charge in [-0.3, -0.25) is 28.8 Å². The summed E-state index contributed by atoms with van der Waals surface area (Å²) in [5, 5.41) is 27.2. The van der Waals surface area contributed by atoms with Crippen molar-refractivity contribution in [3.63, 3.8) is 0 Å². The average molecular weight is 520 g/mol. The molecular formula is C20H37N7O9. The summed E-state index contributed by atoms with van der Waals surface area (Å²) < 4.78 is 0. The van der Waals surface area contributed by atoms with Crippen molar-refractivity contribution in [2.75, 3.05) is 13.1 Å². The Bertz CT molecular complexity index is 761. The molecule has 2 atom stereocenters. The third-order valence-corrected chi connectivity index (χ3v) is 3.35. The first-order valence-electron chi connectivity index (χ1n) is 10.5. The molecule has 0 aliphatic carbocycles. The summed E-state index contributed by atoms with van der Waals surface area (Å²) in [5.41, 5.74) is 16.9. The van der Waals surface area contributed by atoms with E-state index in [1.807, 2.05) is 0 Å². The topological polar surface area (TPSA) is 294 Å². The smallest absolute Gasteiger partial charge is 0.300 e. The highest BCUT2D eigenvalue weighted by atomic mass is 16.4. The van der Waals surface area contributed by atoms with Crippen LogP contribution in [0.25, 0.3) is 0 Å². The monoisotopic (exact) mass is 519 g/mol. The highest BCUT2D eigenvalue weighted by Gasteiger charge is 2.24. The highest BCUT2D eigenvalue weighted by Crippen LogP contribution is 2.02. The van der Waals surface area contributed by atoms with Crippen LogP contribution in [0.2, 0.25) is 0 Å². The van der Waals surface area contributed by atoms with Gasteiger partial charge in [0, 0.05) is 39.1 Å². The van der Waals surface area contributed by atoms with Crippen LogP contribution in [0.5, 0.6) is 0 Å². The number of rotatable bonds is 11. The fraction of sp³-hybridized carbons (Fsp3) is 0.550. The Labute approximate surface area is 208 Å². The van der Waals surface area contributed by atoms with Crippen molar-refractivity contribution in [3.8, 4) is 0 Å². The first-order valence-corrected chi connectivity index (χ1v) is 10.5. The molecule has 1 rings (SSSR count). The van der Waals surface area contributed by atoms with Gasteiger partial charge in [-0.1, -0.05) is 6.42 Å². The number of aromatic amines is 1. The Hall–Kier alpha value is -4.05. The second-order valence-electron chi connectivity index (χ2n) is 6.97. The SMILES string of the molecule is CC(=O)O.CC(=O)O.CC(=O)O.NCCCC[C@H](N)C(=O)N[C@@H](Cc1cnc[nH]1)C(=O)NCC(N)=O. The lowest BCUT2D eigenvalue weighted by Gasteiger charge is -2.20. The Morgan fingerprint density at radius 3 is 1.86 bits per heavy atom. The van der Waals surface area contributed by atoms with Crippen molar-refractivity contribution >= 4 is 35.6 Å². The number of imidazole rings is 1. The summed E-state index contributed by atoms with van der Waals surface area (Å²) in [5.74, 6) is -4.13. The molecule has 206 valence electrons. The molecule has 0 saturated carbocycles. The predicted molar refractivity (Wildman–Crippen MR) is 127 cm³/mol. The van der Waals surface area contributed by atoms with E-state index in [0.29, 0.717) is 18.7 Å². The number of nitrogens with one attached hydrogen (secondary N) is 3. The number of carboxylic acid groups (broad SMARTS) is 3. The van der Waals surface area contributed by atoms with Gasteiger partial charge in [0.05, 0.1) is 18.9 Å². The number of amides is 3. The largest absolute Gasteiger partial charge is 0.481 e. The summed E-state index contributed by atoms with van der Waals surface area (Å²) in [6.45, 7) is 3.48. The van der Waals surface area contributed by atoms with E-state index in [9.17, 15) is 14.4 Å². The van der Waals surface area contributed by atoms with Crippen LogP contribution in [0.4, 0.5) is 0 Å². The summed E-state index contributed by atoms with van der Waals surface area (Å²) >= 11 is 0. The molecular weight excluding hydrogens is 482 g/mol. The normalized spacial score (nSPS) is 10.8. The number of hydrogen-bond acceptors (Lipinski definition) is 9. The summed E-state index contributed by atoms with van der Waals surface area (Å²) in [7, 11) is 0. The number of aliphatic carboxylic acids is 3. The van der Waals surface area contributed by atoms with Crippen molar-refractivity contribution in [3.05, 3.63) is 18.2 Å². The zero-order chi connectivity index (χ0) is 28.7. The number of unbranched alkanes of at least 4 members (excludes halogenated alkanes) is 1. The Morgan fingerprint density at radius 1 is 0.972 bits per heavy atom. The van der Waals surface area contributed by atoms with E-state index in [0.717, 1.165) is 33.6 Å². The molecule has 1 aromatic rings. The van der Waals surface area contributed by atoms with Gasteiger partial charge in [-0.25, -0.2) is 4.98 Å². The van der Waals surface area contributed by atoms with Gasteiger partial charge in [-0.15, -0.1) is 0 Å². The van der Waals surface area contributed by atoms with Gasteiger partial charge in [0.25, 0.3) is 17.9 Å². The van der Waals surface area contributed by atoms with Crippen LogP contribution in [0.15, 0.2) is 12.5 Å². The number of aromatic nitrogens is 2. The van der Waals surface area contributed by atoms with Crippen molar-refractivity contribution in [1.29, 1.82) is 0 Å². The fourth-order valence-electron chi connectivity index (χ4n) is 2.04. The summed E-state index contributed by atoms with van der Waals surface area (Å²) in [4.78, 5) is 68.8. The Kier molecular flexibility index (Phi) is 23.1. The minimum Gasteiger partial charge on any atom is -0.481 e. The number of nitrogens with two attached hydrogens (primary N) is 3. The third kappa shape index (κ3) is 29.9. The van der Waals surface area contributed by atoms with Crippen molar-refractivity contribution in [2.24, 2.45) is 17.2 Å². The summed E-state index contributed by atoms with van der Waals surface area (Å²) in [6.07, 6.45) is 5.17. The molecule has 0 unspecified atom stereocenters. The van der Waals surface area contributed by atoms with Gasteiger partial charge in [0.15, 0.2) is 0 Å². The van der Waals surface area contributed by atoms with Crippen LogP contribution in [0, 0.1) is 0 Å². The molecule has 3 amide bonds. The minimum absolute atomic E-state index is 0.186. The maximum absolute atomic E-state index is 12.2. The van der Waals surface area contributed by atoms with Crippen molar-refractivity contribution in [2.45, 2.75) is 58.5 Å². The molecule has 12 N–H and O–H groups in total. The van der Waals surface area contributed by atoms with E-state index in [2.05, 4.69) is 20.6 Å². The molecule has 0 spiro atoms. The number of carboxylic acids is 3. The second-order valence-corrected chi connectivity index (χ2v) is 6.97.